The van der Waals surface area contributed by atoms with Crippen molar-refractivity contribution in [2.75, 3.05) is 11.1 Å². The summed E-state index contributed by atoms with van der Waals surface area (Å²) in [7, 11) is 1.99. The number of benzene rings is 2. The first-order valence-electron chi connectivity index (χ1n) is 14.4. The maximum atomic E-state index is 13.5. The molecule has 43 heavy (non-hydrogen) atoms. The predicted octanol–water partition coefficient (Wildman–Crippen LogP) is 5.51. The van der Waals surface area contributed by atoms with Crippen molar-refractivity contribution in [1.82, 2.24) is 19.9 Å². The van der Waals surface area contributed by atoms with E-state index < -0.39 is 11.5 Å². The highest BCUT2D eigenvalue weighted by atomic mass is 16.4. The van der Waals surface area contributed by atoms with E-state index >= 15 is 0 Å². The van der Waals surface area contributed by atoms with E-state index in [9.17, 15) is 14.4 Å². The van der Waals surface area contributed by atoms with E-state index in [2.05, 4.69) is 25.2 Å². The van der Waals surface area contributed by atoms with E-state index in [1.54, 1.807) is 50.5 Å². The number of hydrogen-bond donors (Lipinski definition) is 4. The molecule has 0 bridgehead atoms. The average Bonchev–Trinajstić information content (AvgIpc) is 3.28. The number of carboxylic acids is 1. The normalized spacial score (nSPS) is 14.2. The van der Waals surface area contributed by atoms with E-state index in [0.717, 1.165) is 41.1 Å². The number of carboxylic acid groups (broad SMARTS) is 1. The average molecular weight is 581 g/mol. The summed E-state index contributed by atoms with van der Waals surface area (Å²) in [6, 6.07) is 12.4. The van der Waals surface area contributed by atoms with Crippen LogP contribution >= 0.6 is 0 Å². The van der Waals surface area contributed by atoms with Crippen molar-refractivity contribution in [3.63, 3.8) is 0 Å². The topological polar surface area (TPSA) is 152 Å². The third-order valence-electron chi connectivity index (χ3n) is 8.04. The fourth-order valence-electron chi connectivity index (χ4n) is 5.77. The minimum atomic E-state index is -1.22. The molecule has 0 radical (unpaired) electrons. The van der Waals surface area contributed by atoms with Crippen molar-refractivity contribution >= 4 is 46.4 Å². The number of nitrogens with zero attached hydrogens (tertiary/aromatic N) is 3. The van der Waals surface area contributed by atoms with Gasteiger partial charge in [-0.1, -0.05) is 37.5 Å². The predicted molar refractivity (Wildman–Crippen MR) is 167 cm³/mol. The van der Waals surface area contributed by atoms with Crippen LogP contribution in [0, 0.1) is 0 Å². The number of carbonyl (C=O) groups is 3. The molecule has 10 heteroatoms. The van der Waals surface area contributed by atoms with Gasteiger partial charge < -0.3 is 26.0 Å². The lowest BCUT2D eigenvalue weighted by Gasteiger charge is -2.25. The van der Waals surface area contributed by atoms with Gasteiger partial charge in [-0.25, -0.2) is 14.8 Å². The van der Waals surface area contributed by atoms with E-state index in [0.29, 0.717) is 22.7 Å². The summed E-state index contributed by atoms with van der Waals surface area (Å²) in [5.41, 5.74) is 10.3. The van der Waals surface area contributed by atoms with E-state index in [1.165, 1.54) is 30.9 Å². The van der Waals surface area contributed by atoms with E-state index in [1.807, 2.05) is 25.2 Å². The highest BCUT2D eigenvalue weighted by Gasteiger charge is 2.31. The second-order valence-electron chi connectivity index (χ2n) is 11.5. The number of nitrogens with two attached hydrogens (primary N) is 1. The molecule has 1 aliphatic carbocycles. The number of nitrogens with one attached hydrogen (secondary N) is 2. The SMILES string of the molecule is Cn1c(-c2cnc(N)nc2)c(C2CCCCC2)c2ccc(C(=O)NC(C)(C)C(=O)Nc3ccc(/C=C/C(=O)O)cc3)cc21. The molecule has 0 atom stereocenters. The lowest BCUT2D eigenvalue weighted by atomic mass is 9.82. The molecule has 1 saturated carbocycles. The third kappa shape index (κ3) is 6.43. The number of rotatable bonds is 8. The zero-order valence-corrected chi connectivity index (χ0v) is 24.6. The van der Waals surface area contributed by atoms with Gasteiger partial charge >= 0.3 is 5.97 Å². The van der Waals surface area contributed by atoms with Gasteiger partial charge in [0.25, 0.3) is 5.91 Å². The lowest BCUT2D eigenvalue weighted by Crippen LogP contribution is -2.52. The van der Waals surface area contributed by atoms with E-state index in [4.69, 9.17) is 10.8 Å². The Morgan fingerprint density at radius 3 is 2.35 bits per heavy atom. The van der Waals surface area contributed by atoms with Crippen LogP contribution in [-0.4, -0.2) is 43.0 Å². The minimum Gasteiger partial charge on any atom is -0.478 e. The number of amides is 2. The van der Waals surface area contributed by atoms with Crippen LogP contribution in [0.3, 0.4) is 0 Å². The highest BCUT2D eigenvalue weighted by Crippen LogP contribution is 2.43. The molecule has 0 spiro atoms. The van der Waals surface area contributed by atoms with Gasteiger partial charge in [0, 0.05) is 53.2 Å². The Bertz CT molecular complexity index is 1700. The molecule has 222 valence electrons. The maximum absolute atomic E-state index is 13.5. The van der Waals surface area contributed by atoms with Crippen LogP contribution in [0.25, 0.3) is 28.2 Å². The molecule has 0 unspecified atom stereocenters. The number of carbonyl (C=O) groups excluding carboxylic acids is 2. The van der Waals surface area contributed by atoms with Gasteiger partial charge in [0.15, 0.2) is 0 Å². The van der Waals surface area contributed by atoms with Crippen molar-refractivity contribution in [2.45, 2.75) is 57.4 Å². The zero-order valence-electron chi connectivity index (χ0n) is 24.6. The Balaban J connectivity index is 1.39. The molecule has 5 rings (SSSR count). The summed E-state index contributed by atoms with van der Waals surface area (Å²) < 4.78 is 2.10. The van der Waals surface area contributed by atoms with Crippen LogP contribution in [0.5, 0.6) is 0 Å². The van der Waals surface area contributed by atoms with Crippen molar-refractivity contribution in [3.05, 3.63) is 77.6 Å². The van der Waals surface area contributed by atoms with Crippen LogP contribution < -0.4 is 16.4 Å². The second kappa shape index (κ2) is 12.1. The monoisotopic (exact) mass is 580 g/mol. The van der Waals surface area contributed by atoms with Crippen LogP contribution in [0.2, 0.25) is 0 Å². The third-order valence-corrected chi connectivity index (χ3v) is 8.04. The summed E-state index contributed by atoms with van der Waals surface area (Å²) in [5, 5.41) is 15.6. The Kier molecular flexibility index (Phi) is 8.29. The largest absolute Gasteiger partial charge is 0.478 e. The standard InChI is InChI=1S/C33H36N6O4/c1-33(2,31(43)37-24-13-9-20(10-14-24)11-16-27(40)41)38-30(42)22-12-15-25-26(17-22)39(3)29(23-18-35-32(34)36-19-23)28(25)21-7-5-4-6-8-21/h9-19,21H,4-8H2,1-3H3,(H,37,43)(H,38,42)(H,40,41)(H2,34,35,36)/b16-11+. The summed E-state index contributed by atoms with van der Waals surface area (Å²) in [6.07, 6.45) is 11.8. The summed E-state index contributed by atoms with van der Waals surface area (Å²) in [6.45, 7) is 3.29. The number of aliphatic carboxylic acids is 1. The van der Waals surface area contributed by atoms with Crippen LogP contribution in [-0.2, 0) is 16.6 Å². The molecule has 2 aromatic heterocycles. The summed E-state index contributed by atoms with van der Waals surface area (Å²) >= 11 is 0. The van der Waals surface area contributed by atoms with Crippen molar-refractivity contribution < 1.29 is 19.5 Å². The minimum absolute atomic E-state index is 0.220. The number of nitrogen functional groups attached to an aromatic ring is 1. The van der Waals surface area contributed by atoms with E-state index in [-0.39, 0.29) is 17.8 Å². The molecule has 2 heterocycles. The van der Waals surface area contributed by atoms with Crippen molar-refractivity contribution in [3.8, 4) is 11.3 Å². The Hall–Kier alpha value is -4.99. The first-order valence-corrected chi connectivity index (χ1v) is 14.4. The molecule has 2 aromatic carbocycles. The Morgan fingerprint density at radius 2 is 1.70 bits per heavy atom. The fraction of sp³-hybridized carbons (Fsp3) is 0.303. The number of anilines is 2. The molecule has 5 N–H and O–H groups in total. The number of hydrogen-bond acceptors (Lipinski definition) is 6. The molecule has 0 saturated heterocycles. The number of aryl methyl sites for hydroxylation is 1. The van der Waals surface area contributed by atoms with Gasteiger partial charge in [0.2, 0.25) is 11.9 Å². The molecule has 2 amide bonds. The summed E-state index contributed by atoms with van der Waals surface area (Å²) in [4.78, 5) is 45.8. The first kappa shape index (κ1) is 29.5. The smallest absolute Gasteiger partial charge is 0.328 e. The molecule has 1 aliphatic rings. The van der Waals surface area contributed by atoms with Gasteiger partial charge in [0.05, 0.1) is 5.69 Å². The molecule has 10 nitrogen and oxygen atoms in total. The van der Waals surface area contributed by atoms with Crippen LogP contribution in [0.4, 0.5) is 11.6 Å². The number of fused-ring (bicyclic) bond motifs is 1. The molecular weight excluding hydrogens is 544 g/mol. The van der Waals surface area contributed by atoms with Gasteiger partial charge in [-0.15, -0.1) is 0 Å². The van der Waals surface area contributed by atoms with Crippen molar-refractivity contribution in [2.24, 2.45) is 7.05 Å². The molecule has 4 aromatic rings. The van der Waals surface area contributed by atoms with Gasteiger partial charge in [0.1, 0.15) is 5.54 Å². The molecule has 1 fully saturated rings. The van der Waals surface area contributed by atoms with Gasteiger partial charge in [-0.3, -0.25) is 9.59 Å². The second-order valence-corrected chi connectivity index (χ2v) is 11.5. The quantitative estimate of drug-likeness (QED) is 0.201. The van der Waals surface area contributed by atoms with Crippen LogP contribution in [0.15, 0.2) is 60.9 Å². The highest BCUT2D eigenvalue weighted by molar-refractivity contribution is 6.05. The lowest BCUT2D eigenvalue weighted by molar-refractivity contribution is -0.131. The number of aromatic nitrogens is 3. The van der Waals surface area contributed by atoms with Crippen molar-refractivity contribution in [1.29, 1.82) is 0 Å². The first-order chi connectivity index (χ1) is 20.5. The Morgan fingerprint density at radius 1 is 1.02 bits per heavy atom. The Labute approximate surface area is 250 Å². The van der Waals surface area contributed by atoms with Gasteiger partial charge in [-0.05, 0) is 74.1 Å². The van der Waals surface area contributed by atoms with Crippen LogP contribution in [0.1, 0.15) is 73.4 Å². The molecule has 0 aliphatic heterocycles. The fourth-order valence-corrected chi connectivity index (χ4v) is 5.77. The maximum Gasteiger partial charge on any atom is 0.328 e. The summed E-state index contributed by atoms with van der Waals surface area (Å²) in [5.74, 6) is -1.18. The zero-order chi connectivity index (χ0) is 30.7. The van der Waals surface area contributed by atoms with Gasteiger partial charge in [-0.2, -0.15) is 0 Å². The molecular formula is C33H36N6O4.